The summed E-state index contributed by atoms with van der Waals surface area (Å²) in [7, 11) is 0. The van der Waals surface area contributed by atoms with E-state index in [4.69, 9.17) is 10.5 Å². The van der Waals surface area contributed by atoms with E-state index in [1.54, 1.807) is 6.20 Å². The number of aryl methyl sites for hydroxylation is 1. The first-order chi connectivity index (χ1) is 9.66. The fraction of sp³-hybridized carbons (Fsp3) is 0.462. The Morgan fingerprint density at radius 2 is 2.00 bits per heavy atom. The number of halogens is 2. The van der Waals surface area contributed by atoms with E-state index in [0.717, 1.165) is 24.9 Å². The Balaban J connectivity index is 0.00000161. The number of aromatic nitrogens is 4. The van der Waals surface area contributed by atoms with Gasteiger partial charge in [-0.2, -0.15) is 0 Å². The number of nitrogens with two attached hydrogens (primary N) is 1. The van der Waals surface area contributed by atoms with Crippen LogP contribution in [0.2, 0.25) is 0 Å². The van der Waals surface area contributed by atoms with Crippen molar-refractivity contribution in [3.8, 4) is 11.4 Å². The Morgan fingerprint density at radius 3 is 2.71 bits per heavy atom. The highest BCUT2D eigenvalue weighted by Gasteiger charge is 2.23. The molecule has 6 nitrogen and oxygen atoms in total. The zero-order valence-electron chi connectivity index (χ0n) is 11.6. The van der Waals surface area contributed by atoms with Crippen LogP contribution >= 0.6 is 12.4 Å². The van der Waals surface area contributed by atoms with Gasteiger partial charge in [-0.15, -0.1) is 12.4 Å². The summed E-state index contributed by atoms with van der Waals surface area (Å²) in [6.45, 7) is 3.31. The number of ether oxygens (including phenoxy) is 1. The molecule has 2 aromatic rings. The number of hydrogen-bond donors (Lipinski definition) is 1. The normalized spacial score (nSPS) is 15.7. The van der Waals surface area contributed by atoms with Crippen LogP contribution in [0, 0.1) is 12.7 Å². The zero-order valence-corrected chi connectivity index (χ0v) is 12.4. The molecule has 1 aliphatic heterocycles. The van der Waals surface area contributed by atoms with Crippen molar-refractivity contribution in [1.82, 2.24) is 19.5 Å². The van der Waals surface area contributed by atoms with Crippen molar-refractivity contribution in [2.24, 2.45) is 0 Å². The van der Waals surface area contributed by atoms with Crippen molar-refractivity contribution in [3.05, 3.63) is 24.0 Å². The van der Waals surface area contributed by atoms with Gasteiger partial charge < -0.3 is 15.0 Å². The lowest BCUT2D eigenvalue weighted by Crippen LogP contribution is -2.21. The second kappa shape index (κ2) is 6.36. The van der Waals surface area contributed by atoms with E-state index in [2.05, 4.69) is 15.0 Å². The van der Waals surface area contributed by atoms with Gasteiger partial charge in [0.15, 0.2) is 5.82 Å². The highest BCUT2D eigenvalue weighted by atomic mass is 35.5. The van der Waals surface area contributed by atoms with Crippen molar-refractivity contribution in [1.29, 1.82) is 0 Å². The number of hydrogen-bond acceptors (Lipinski definition) is 5. The summed E-state index contributed by atoms with van der Waals surface area (Å²) in [5.41, 5.74) is 6.40. The van der Waals surface area contributed by atoms with Crippen LogP contribution in [0.4, 0.5) is 10.3 Å². The minimum Gasteiger partial charge on any atom is -0.381 e. The molecule has 1 saturated heterocycles. The van der Waals surface area contributed by atoms with Gasteiger partial charge in [-0.1, -0.05) is 0 Å². The number of rotatable bonds is 2. The van der Waals surface area contributed by atoms with Gasteiger partial charge in [-0.25, -0.2) is 19.3 Å². The average molecular weight is 314 g/mol. The van der Waals surface area contributed by atoms with Crippen LogP contribution < -0.4 is 5.73 Å². The summed E-state index contributed by atoms with van der Waals surface area (Å²) in [5.74, 6) is 0.398. The molecule has 0 spiro atoms. The molecule has 0 aliphatic carbocycles. The smallest absolute Gasteiger partial charge is 0.220 e. The minimum absolute atomic E-state index is 0. The third-order valence-electron chi connectivity index (χ3n) is 3.54. The van der Waals surface area contributed by atoms with Gasteiger partial charge in [0.1, 0.15) is 11.5 Å². The molecule has 2 aromatic heterocycles. The van der Waals surface area contributed by atoms with E-state index in [1.807, 2.05) is 11.5 Å². The van der Waals surface area contributed by atoms with Crippen LogP contribution in [0.3, 0.4) is 0 Å². The van der Waals surface area contributed by atoms with E-state index in [-0.39, 0.29) is 30.1 Å². The van der Waals surface area contributed by atoms with Gasteiger partial charge in [-0.05, 0) is 19.8 Å². The highest BCUT2D eigenvalue weighted by Crippen LogP contribution is 2.30. The molecular formula is C13H17ClFN5O. The molecular weight excluding hydrogens is 297 g/mol. The molecule has 1 aliphatic rings. The maximum absolute atomic E-state index is 14.0. The van der Waals surface area contributed by atoms with Crippen LogP contribution in [-0.4, -0.2) is 32.7 Å². The van der Waals surface area contributed by atoms with Gasteiger partial charge >= 0.3 is 0 Å². The Bertz CT molecular complexity index is 627. The molecule has 0 radical (unpaired) electrons. The highest BCUT2D eigenvalue weighted by molar-refractivity contribution is 5.85. The molecule has 0 saturated carbocycles. The molecule has 8 heteroatoms. The zero-order chi connectivity index (χ0) is 14.1. The van der Waals surface area contributed by atoms with Crippen molar-refractivity contribution in [2.75, 3.05) is 18.9 Å². The molecule has 3 heterocycles. The second-order valence-corrected chi connectivity index (χ2v) is 4.83. The van der Waals surface area contributed by atoms with Crippen LogP contribution in [0.5, 0.6) is 0 Å². The fourth-order valence-corrected chi connectivity index (χ4v) is 2.59. The topological polar surface area (TPSA) is 78.9 Å². The number of nitrogens with zero attached hydrogens (tertiary/aromatic N) is 4. The number of nitrogen functional groups attached to an aromatic ring is 1. The largest absolute Gasteiger partial charge is 0.381 e. The quantitative estimate of drug-likeness (QED) is 0.919. The Labute approximate surface area is 128 Å². The predicted molar refractivity (Wildman–Crippen MR) is 78.7 cm³/mol. The van der Waals surface area contributed by atoms with Crippen molar-refractivity contribution in [2.45, 2.75) is 25.8 Å². The van der Waals surface area contributed by atoms with E-state index in [9.17, 15) is 4.39 Å². The van der Waals surface area contributed by atoms with Crippen LogP contribution in [-0.2, 0) is 4.74 Å². The Kier molecular flexibility index (Phi) is 4.74. The summed E-state index contributed by atoms with van der Waals surface area (Å²) in [4.78, 5) is 12.0. The van der Waals surface area contributed by atoms with Crippen LogP contribution in [0.25, 0.3) is 11.4 Å². The third kappa shape index (κ3) is 2.98. The molecule has 21 heavy (non-hydrogen) atoms. The summed E-state index contributed by atoms with van der Waals surface area (Å²) in [6, 6.07) is 0.247. The Hall–Kier alpha value is -1.73. The van der Waals surface area contributed by atoms with Crippen molar-refractivity contribution < 1.29 is 9.13 Å². The van der Waals surface area contributed by atoms with Crippen LogP contribution in [0.15, 0.2) is 12.4 Å². The summed E-state index contributed by atoms with van der Waals surface area (Å²) in [6.07, 6.45) is 4.49. The molecule has 3 rings (SSSR count). The molecule has 0 aromatic carbocycles. The first-order valence-electron chi connectivity index (χ1n) is 6.57. The van der Waals surface area contributed by atoms with Gasteiger partial charge in [0.05, 0.1) is 18.1 Å². The lowest BCUT2D eigenvalue weighted by Gasteiger charge is -2.26. The van der Waals surface area contributed by atoms with E-state index in [1.165, 1.54) is 0 Å². The van der Waals surface area contributed by atoms with Gasteiger partial charge in [-0.3, -0.25) is 0 Å². The maximum Gasteiger partial charge on any atom is 0.220 e. The van der Waals surface area contributed by atoms with Crippen molar-refractivity contribution >= 4 is 18.4 Å². The van der Waals surface area contributed by atoms with Gasteiger partial charge in [0.2, 0.25) is 5.95 Å². The number of imidazole rings is 1. The number of anilines is 1. The lowest BCUT2D eigenvalue weighted by molar-refractivity contribution is 0.0694. The van der Waals surface area contributed by atoms with E-state index >= 15 is 0 Å². The standard InChI is InChI=1S/C13H16FN5O.ClH/c1-8-16-7-11(12-10(14)6-17-13(15)18-12)19(8)9-2-4-20-5-3-9;/h6-7,9H,2-5H2,1H3,(H2,15,17,18);1H. The average Bonchev–Trinajstić information content (AvgIpc) is 2.84. The first kappa shape index (κ1) is 15.7. The molecule has 114 valence electrons. The van der Waals surface area contributed by atoms with Crippen LogP contribution in [0.1, 0.15) is 24.7 Å². The van der Waals surface area contributed by atoms with Crippen molar-refractivity contribution in [3.63, 3.8) is 0 Å². The minimum atomic E-state index is -0.493. The third-order valence-corrected chi connectivity index (χ3v) is 3.54. The molecule has 0 atom stereocenters. The summed E-state index contributed by atoms with van der Waals surface area (Å²) in [5, 5.41) is 0. The monoisotopic (exact) mass is 313 g/mol. The SMILES string of the molecule is Cc1ncc(-c2nc(N)ncc2F)n1C1CCOCC1.Cl. The van der Waals surface area contributed by atoms with Gasteiger partial charge in [0, 0.05) is 19.3 Å². The lowest BCUT2D eigenvalue weighted by atomic mass is 10.1. The molecule has 0 amide bonds. The summed E-state index contributed by atoms with van der Waals surface area (Å²) >= 11 is 0. The Morgan fingerprint density at radius 1 is 1.29 bits per heavy atom. The summed E-state index contributed by atoms with van der Waals surface area (Å²) < 4.78 is 21.4. The van der Waals surface area contributed by atoms with Gasteiger partial charge in [0.25, 0.3) is 0 Å². The molecule has 0 bridgehead atoms. The molecule has 1 fully saturated rings. The maximum atomic E-state index is 14.0. The van der Waals surface area contributed by atoms with E-state index in [0.29, 0.717) is 18.9 Å². The predicted octanol–water partition coefficient (Wildman–Crippen LogP) is 2.14. The fourth-order valence-electron chi connectivity index (χ4n) is 2.59. The first-order valence-corrected chi connectivity index (χ1v) is 6.57. The second-order valence-electron chi connectivity index (χ2n) is 4.83. The molecule has 0 unspecified atom stereocenters. The molecule has 2 N–H and O–H groups in total. The van der Waals surface area contributed by atoms with E-state index < -0.39 is 5.82 Å².